The maximum absolute atomic E-state index is 11.4. The molecule has 1 aliphatic carbocycles. The molecular weight excluding hydrogens is 717 g/mol. The zero-order chi connectivity index (χ0) is 23.5. The Morgan fingerprint density at radius 3 is 2.06 bits per heavy atom. The van der Waals surface area contributed by atoms with Gasteiger partial charge in [-0.15, -0.1) is 0 Å². The quantitative estimate of drug-likeness (QED) is 0.158. The number of hydrogen-bond donors (Lipinski definition) is 0. The molecule has 4 rings (SSSR count). The van der Waals surface area contributed by atoms with Crippen molar-refractivity contribution in [3.8, 4) is 0 Å². The van der Waals surface area contributed by atoms with E-state index in [9.17, 15) is 4.79 Å². The maximum atomic E-state index is 11.4. The van der Waals surface area contributed by atoms with Crippen LogP contribution in [0.2, 0.25) is 0 Å². The predicted octanol–water partition coefficient (Wildman–Crippen LogP) is 7.45. The molecule has 0 bridgehead atoms. The van der Waals surface area contributed by atoms with E-state index in [0.29, 0.717) is 6.61 Å². The molecular formula is C23H21Br3IN3O2. The summed E-state index contributed by atoms with van der Waals surface area (Å²) >= 11 is 12.1. The molecule has 2 atom stereocenters. The minimum atomic E-state index is -0.0905. The zero-order valence-corrected chi connectivity index (χ0v) is 24.1. The molecule has 168 valence electrons. The van der Waals surface area contributed by atoms with Crippen molar-refractivity contribution < 1.29 is 9.53 Å². The lowest BCUT2D eigenvalue weighted by Crippen LogP contribution is -2.07. The van der Waals surface area contributed by atoms with Crippen molar-refractivity contribution in [1.29, 1.82) is 0 Å². The van der Waals surface area contributed by atoms with Crippen LogP contribution < -0.4 is 0 Å². The van der Waals surface area contributed by atoms with Crippen LogP contribution in [0, 0.1) is 9.62 Å². The lowest BCUT2D eigenvalue weighted by atomic mass is 10.2. The van der Waals surface area contributed by atoms with Gasteiger partial charge in [0.05, 0.1) is 18.2 Å². The summed E-state index contributed by atoms with van der Waals surface area (Å²) in [6.45, 7) is 5.86. The fourth-order valence-corrected chi connectivity index (χ4v) is 3.53. The number of rotatable bonds is 4. The van der Waals surface area contributed by atoms with Gasteiger partial charge in [0.2, 0.25) is 0 Å². The number of hydrogen-bond acceptors (Lipinski definition) is 5. The molecule has 3 aromatic rings. The minimum Gasteiger partial charge on any atom is -0.466 e. The Bertz CT molecular complexity index is 980. The molecule has 1 saturated carbocycles. The third-order valence-electron chi connectivity index (χ3n) is 4.16. The Hall–Kier alpha value is -1.17. The molecule has 0 aliphatic heterocycles. The van der Waals surface area contributed by atoms with Gasteiger partial charge in [-0.25, -0.2) is 4.98 Å². The first-order valence-corrected chi connectivity index (χ1v) is 13.1. The molecule has 32 heavy (non-hydrogen) atoms. The summed E-state index contributed by atoms with van der Waals surface area (Å²) in [5, 5.41) is 0. The van der Waals surface area contributed by atoms with Crippen LogP contribution in [0.15, 0.2) is 75.0 Å². The number of ether oxygens (including phenoxy) is 1. The van der Waals surface area contributed by atoms with E-state index in [-0.39, 0.29) is 17.8 Å². The maximum Gasteiger partial charge on any atom is 0.309 e. The molecule has 0 saturated heterocycles. The van der Waals surface area contributed by atoms with Gasteiger partial charge in [0.15, 0.2) is 0 Å². The number of halogens is 4. The summed E-state index contributed by atoms with van der Waals surface area (Å²) in [5.74, 6) is 0.197. The first kappa shape index (κ1) is 27.1. The number of carbonyl (C=O) groups excluding carboxylic acids is 1. The van der Waals surface area contributed by atoms with E-state index in [1.54, 1.807) is 24.7 Å². The van der Waals surface area contributed by atoms with Crippen molar-refractivity contribution in [3.05, 3.63) is 90.1 Å². The van der Waals surface area contributed by atoms with Crippen LogP contribution in [0.4, 0.5) is 0 Å². The van der Waals surface area contributed by atoms with Crippen LogP contribution >= 0.6 is 70.4 Å². The van der Waals surface area contributed by atoms with Crippen LogP contribution in [-0.2, 0) is 9.53 Å². The van der Waals surface area contributed by atoms with Gasteiger partial charge >= 0.3 is 5.97 Å². The summed E-state index contributed by atoms with van der Waals surface area (Å²) in [5.41, 5.74) is 1.88. The summed E-state index contributed by atoms with van der Waals surface area (Å²) in [6.07, 6.45) is 7.87. The molecule has 1 fully saturated rings. The number of esters is 1. The summed E-state index contributed by atoms with van der Waals surface area (Å²) in [6, 6.07) is 11.7. The topological polar surface area (TPSA) is 65.0 Å². The van der Waals surface area contributed by atoms with E-state index in [4.69, 9.17) is 4.74 Å². The van der Waals surface area contributed by atoms with E-state index >= 15 is 0 Å². The second kappa shape index (κ2) is 14.2. The molecule has 0 radical (unpaired) electrons. The second-order valence-electron chi connectivity index (χ2n) is 6.51. The number of nitrogens with zero attached hydrogens (tertiary/aromatic N) is 3. The number of pyridine rings is 3. The number of carbonyl (C=O) groups is 1. The van der Waals surface area contributed by atoms with Crippen LogP contribution in [0.25, 0.3) is 6.08 Å². The molecule has 2 unspecified atom stereocenters. The molecule has 0 amide bonds. The summed E-state index contributed by atoms with van der Waals surface area (Å²) < 4.78 is 8.96. The molecule has 3 heterocycles. The van der Waals surface area contributed by atoms with E-state index in [1.165, 1.54) is 0 Å². The van der Waals surface area contributed by atoms with Crippen molar-refractivity contribution >= 4 is 82.4 Å². The average Bonchev–Trinajstić information content (AvgIpc) is 3.59. The fourth-order valence-electron chi connectivity index (χ4n) is 2.50. The highest BCUT2D eigenvalue weighted by molar-refractivity contribution is 14.1. The first-order valence-electron chi connectivity index (χ1n) is 9.63. The standard InChI is InChI=1S/C11H12BrNO2.C7H6BrN.C5H3BrIN/c1-2-15-11(14)9-5-8(9)10-4-3-7(12)6-13-10;1-2-7-4-3-6(8)5-9-7;6-4-1-2-5(7)8-3-4/h3-4,6,8-9H,2,5H2,1H3;2-5H,1H2;1-3H. The largest absolute Gasteiger partial charge is 0.466 e. The average molecular weight is 738 g/mol. The molecule has 0 aromatic carbocycles. The van der Waals surface area contributed by atoms with Gasteiger partial charge in [-0.1, -0.05) is 6.58 Å². The first-order chi connectivity index (χ1) is 15.3. The number of aromatic nitrogens is 3. The predicted molar refractivity (Wildman–Crippen MR) is 146 cm³/mol. The van der Waals surface area contributed by atoms with Gasteiger partial charge < -0.3 is 4.74 Å². The van der Waals surface area contributed by atoms with E-state index in [0.717, 1.165) is 34.9 Å². The second-order valence-corrected chi connectivity index (χ2v) is 10.4. The third-order valence-corrected chi connectivity index (χ3v) is 6.21. The van der Waals surface area contributed by atoms with Crippen molar-refractivity contribution in [2.24, 2.45) is 5.92 Å². The van der Waals surface area contributed by atoms with Crippen LogP contribution in [0.1, 0.15) is 30.7 Å². The highest BCUT2D eigenvalue weighted by atomic mass is 127. The van der Waals surface area contributed by atoms with E-state index in [1.807, 2.05) is 43.3 Å². The SMILES string of the molecule is Brc1ccc(I)nc1.C=Cc1ccc(Br)cn1.CCOC(=O)C1CC1c1ccc(Br)cn1. The van der Waals surface area contributed by atoms with Crippen molar-refractivity contribution in [2.45, 2.75) is 19.3 Å². The zero-order valence-electron chi connectivity index (χ0n) is 17.2. The summed E-state index contributed by atoms with van der Waals surface area (Å²) in [4.78, 5) is 23.7. The molecule has 5 nitrogen and oxygen atoms in total. The molecule has 0 spiro atoms. The van der Waals surface area contributed by atoms with Crippen LogP contribution in [0.3, 0.4) is 0 Å². The Labute approximate surface area is 227 Å². The van der Waals surface area contributed by atoms with Crippen LogP contribution in [0.5, 0.6) is 0 Å². The lowest BCUT2D eigenvalue weighted by molar-refractivity contribution is -0.144. The Morgan fingerprint density at radius 2 is 1.62 bits per heavy atom. The Balaban J connectivity index is 0.000000183. The van der Waals surface area contributed by atoms with Crippen molar-refractivity contribution in [2.75, 3.05) is 6.61 Å². The van der Waals surface area contributed by atoms with Gasteiger partial charge in [0, 0.05) is 43.6 Å². The molecule has 1 aliphatic rings. The van der Waals surface area contributed by atoms with Gasteiger partial charge in [-0.3, -0.25) is 14.8 Å². The normalized spacial score (nSPS) is 15.9. The molecule has 9 heteroatoms. The van der Waals surface area contributed by atoms with Gasteiger partial charge in [0.1, 0.15) is 3.70 Å². The highest BCUT2D eigenvalue weighted by Gasteiger charge is 2.46. The summed E-state index contributed by atoms with van der Waals surface area (Å²) in [7, 11) is 0. The Morgan fingerprint density at radius 1 is 1.03 bits per heavy atom. The van der Waals surface area contributed by atoms with Crippen molar-refractivity contribution in [1.82, 2.24) is 15.0 Å². The van der Waals surface area contributed by atoms with Gasteiger partial charge in [-0.2, -0.15) is 0 Å². The van der Waals surface area contributed by atoms with Crippen molar-refractivity contribution in [3.63, 3.8) is 0 Å². The fraction of sp³-hybridized carbons (Fsp3) is 0.217. The highest BCUT2D eigenvalue weighted by Crippen LogP contribution is 2.47. The molecule has 3 aromatic heterocycles. The van der Waals surface area contributed by atoms with E-state index < -0.39 is 0 Å². The molecule has 0 N–H and O–H groups in total. The van der Waals surface area contributed by atoms with Gasteiger partial charge in [0.25, 0.3) is 0 Å². The lowest BCUT2D eigenvalue weighted by Gasteiger charge is -2.00. The third kappa shape index (κ3) is 9.76. The van der Waals surface area contributed by atoms with Gasteiger partial charge in [-0.05, 0) is 126 Å². The minimum absolute atomic E-state index is 0.0265. The monoisotopic (exact) mass is 735 g/mol. The smallest absolute Gasteiger partial charge is 0.309 e. The Kier molecular flexibility index (Phi) is 12.0. The van der Waals surface area contributed by atoms with E-state index in [2.05, 4.69) is 91.9 Å². The van der Waals surface area contributed by atoms with Crippen LogP contribution in [-0.4, -0.2) is 27.5 Å².